The molecule has 12 aromatic rings. The maximum Gasteiger partial charge on any atom is 0.137 e. The van der Waals surface area contributed by atoms with E-state index in [1.54, 1.807) is 0 Å². The van der Waals surface area contributed by atoms with Crippen LogP contribution in [0.3, 0.4) is 0 Å². The van der Waals surface area contributed by atoms with Crippen molar-refractivity contribution in [3.05, 3.63) is 204 Å². The molecular formula is C60H42N2O. The molecule has 3 heteroatoms. The first-order chi connectivity index (χ1) is 30.7. The number of fused-ring (bicyclic) bond motifs is 15. The largest absolute Gasteiger partial charge is 0.456 e. The van der Waals surface area contributed by atoms with Gasteiger partial charge in [-0.2, -0.15) is 0 Å². The average Bonchev–Trinajstić information content (AvgIpc) is 4.06. The van der Waals surface area contributed by atoms with Crippen molar-refractivity contribution < 1.29 is 4.42 Å². The Morgan fingerprint density at radius 1 is 0.317 bits per heavy atom. The third-order valence-corrected chi connectivity index (χ3v) is 14.9. The van der Waals surface area contributed by atoms with Crippen LogP contribution in [0.15, 0.2) is 186 Å². The van der Waals surface area contributed by atoms with E-state index in [0.29, 0.717) is 0 Å². The maximum atomic E-state index is 6.54. The highest BCUT2D eigenvalue weighted by Gasteiger charge is 2.37. The Hall–Kier alpha value is -7.62. The molecular weight excluding hydrogens is 765 g/mol. The predicted molar refractivity (Wildman–Crippen MR) is 263 cm³/mol. The number of aromatic nitrogens is 2. The Morgan fingerprint density at radius 2 is 0.857 bits per heavy atom. The van der Waals surface area contributed by atoms with Crippen molar-refractivity contribution >= 4 is 65.6 Å². The summed E-state index contributed by atoms with van der Waals surface area (Å²) in [5.74, 6) is 0. The lowest BCUT2D eigenvalue weighted by molar-refractivity contribution is 0.660. The van der Waals surface area contributed by atoms with Gasteiger partial charge >= 0.3 is 0 Å². The van der Waals surface area contributed by atoms with Crippen molar-refractivity contribution in [2.24, 2.45) is 0 Å². The normalized spacial score (nSPS) is 14.6. The van der Waals surface area contributed by atoms with E-state index in [2.05, 4.69) is 219 Å². The average molecular weight is 807 g/mol. The van der Waals surface area contributed by atoms with Crippen LogP contribution in [-0.2, 0) is 10.8 Å². The molecule has 0 aliphatic heterocycles. The van der Waals surface area contributed by atoms with Gasteiger partial charge in [0, 0.05) is 60.6 Å². The van der Waals surface area contributed by atoms with E-state index < -0.39 is 0 Å². The number of furan rings is 1. The fourth-order valence-corrected chi connectivity index (χ4v) is 11.8. The van der Waals surface area contributed by atoms with E-state index in [0.717, 1.165) is 33.1 Å². The van der Waals surface area contributed by atoms with Gasteiger partial charge in [0.15, 0.2) is 0 Å². The Bertz CT molecular complexity index is 3960. The first-order valence-corrected chi connectivity index (χ1v) is 22.2. The maximum absolute atomic E-state index is 6.54. The van der Waals surface area contributed by atoms with Crippen LogP contribution in [0, 0.1) is 0 Å². The highest BCUT2D eigenvalue weighted by Crippen LogP contribution is 2.52. The third-order valence-electron chi connectivity index (χ3n) is 14.9. The molecule has 298 valence electrons. The summed E-state index contributed by atoms with van der Waals surface area (Å²) < 4.78 is 11.5. The van der Waals surface area contributed by atoms with Gasteiger partial charge in [0.05, 0.1) is 22.1 Å². The number of benzene rings is 9. The lowest BCUT2D eigenvalue weighted by Gasteiger charge is -2.22. The lowest BCUT2D eigenvalue weighted by Crippen LogP contribution is -2.15. The fourth-order valence-electron chi connectivity index (χ4n) is 11.8. The molecule has 3 heterocycles. The summed E-state index contributed by atoms with van der Waals surface area (Å²) in [4.78, 5) is 0. The van der Waals surface area contributed by atoms with Crippen LogP contribution < -0.4 is 0 Å². The van der Waals surface area contributed by atoms with E-state index in [-0.39, 0.29) is 10.8 Å². The molecule has 0 radical (unpaired) electrons. The number of para-hydroxylation sites is 2. The van der Waals surface area contributed by atoms with Crippen LogP contribution in [0.2, 0.25) is 0 Å². The molecule has 0 amide bonds. The van der Waals surface area contributed by atoms with Gasteiger partial charge in [-0.3, -0.25) is 0 Å². The van der Waals surface area contributed by atoms with Crippen LogP contribution in [0.5, 0.6) is 0 Å². The summed E-state index contributed by atoms with van der Waals surface area (Å²) >= 11 is 0. The van der Waals surface area contributed by atoms with Crippen molar-refractivity contribution in [1.29, 1.82) is 0 Å². The standard InChI is InChI=1S/C60H42N2O/c1-59(2)49-19-11-8-16-39(49)41-25-24-38(30-51(41)59)62-54-27-23-36(29-45(54)47-32-48-42-18-10-13-21-57(42)63-58(48)34-56(47)62)35-22-26-53-44(28-35)46-31-43-40-17-9-12-20-50(40)60(3,4)52(43)33-55(46)61(53)37-14-6-5-7-15-37/h5-34H,1-4H3. The van der Waals surface area contributed by atoms with Crippen LogP contribution in [0.25, 0.3) is 110 Å². The molecule has 3 nitrogen and oxygen atoms in total. The number of hydrogen-bond donors (Lipinski definition) is 0. The Morgan fingerprint density at radius 3 is 1.57 bits per heavy atom. The topological polar surface area (TPSA) is 23.0 Å². The van der Waals surface area contributed by atoms with E-state index >= 15 is 0 Å². The first kappa shape index (κ1) is 35.0. The van der Waals surface area contributed by atoms with Crippen LogP contribution in [0.4, 0.5) is 0 Å². The summed E-state index contributed by atoms with van der Waals surface area (Å²) in [6.45, 7) is 9.46. The van der Waals surface area contributed by atoms with E-state index in [9.17, 15) is 0 Å². The molecule has 63 heavy (non-hydrogen) atoms. The minimum atomic E-state index is -0.109. The molecule has 0 N–H and O–H groups in total. The van der Waals surface area contributed by atoms with Crippen LogP contribution >= 0.6 is 0 Å². The molecule has 2 aliphatic carbocycles. The third kappa shape index (κ3) is 4.59. The zero-order valence-electron chi connectivity index (χ0n) is 35.6. The quantitative estimate of drug-likeness (QED) is 0.174. The SMILES string of the molecule is CC1(C)c2ccccc2-c2ccc(-n3c4ccc(-c5ccc6c(c5)c5cc7c(cc5n6-c5ccccc5)C(C)(C)c5ccccc5-7)cc4c4cc5c(cc43)oc3ccccc35)cc21. The number of rotatable bonds is 3. The second kappa shape index (κ2) is 12.1. The molecule has 0 fully saturated rings. The molecule has 0 saturated carbocycles. The van der Waals surface area contributed by atoms with Gasteiger partial charge in [-0.25, -0.2) is 0 Å². The van der Waals surface area contributed by atoms with E-state index in [1.807, 2.05) is 0 Å². The van der Waals surface area contributed by atoms with Gasteiger partial charge in [-0.05, 0) is 128 Å². The smallest absolute Gasteiger partial charge is 0.137 e. The van der Waals surface area contributed by atoms with Crippen molar-refractivity contribution in [3.63, 3.8) is 0 Å². The minimum Gasteiger partial charge on any atom is -0.456 e. The Kier molecular flexibility index (Phi) is 6.70. The minimum absolute atomic E-state index is 0.0901. The molecule has 0 spiro atoms. The highest BCUT2D eigenvalue weighted by atomic mass is 16.3. The molecule has 0 bridgehead atoms. The van der Waals surface area contributed by atoms with E-state index in [1.165, 1.54) is 99.4 Å². The van der Waals surface area contributed by atoms with Crippen molar-refractivity contribution in [3.8, 4) is 44.8 Å². The van der Waals surface area contributed by atoms with Gasteiger partial charge in [0.1, 0.15) is 11.2 Å². The van der Waals surface area contributed by atoms with Crippen molar-refractivity contribution in [1.82, 2.24) is 9.13 Å². The first-order valence-electron chi connectivity index (χ1n) is 22.2. The number of hydrogen-bond acceptors (Lipinski definition) is 1. The Labute approximate surface area is 365 Å². The monoisotopic (exact) mass is 806 g/mol. The Balaban J connectivity index is 1.01. The zero-order chi connectivity index (χ0) is 41.9. The second-order valence-corrected chi connectivity index (χ2v) is 18.9. The van der Waals surface area contributed by atoms with Crippen molar-refractivity contribution in [2.45, 2.75) is 38.5 Å². The summed E-state index contributed by atoms with van der Waals surface area (Å²) in [7, 11) is 0. The number of nitrogens with zero attached hydrogens (tertiary/aromatic N) is 2. The van der Waals surface area contributed by atoms with Crippen LogP contribution in [-0.4, -0.2) is 9.13 Å². The van der Waals surface area contributed by atoms with Crippen LogP contribution in [0.1, 0.15) is 49.9 Å². The van der Waals surface area contributed by atoms with Gasteiger partial charge in [-0.1, -0.05) is 131 Å². The molecule has 0 saturated heterocycles. The van der Waals surface area contributed by atoms with Gasteiger partial charge in [-0.15, -0.1) is 0 Å². The van der Waals surface area contributed by atoms with Gasteiger partial charge in [0.25, 0.3) is 0 Å². The molecule has 0 unspecified atom stereocenters. The lowest BCUT2D eigenvalue weighted by atomic mass is 9.82. The molecule has 2 aliphatic rings. The summed E-state index contributed by atoms with van der Waals surface area (Å²) in [5, 5.41) is 7.25. The highest BCUT2D eigenvalue weighted by molar-refractivity contribution is 6.18. The van der Waals surface area contributed by atoms with Gasteiger partial charge < -0.3 is 13.6 Å². The fraction of sp³-hybridized carbons (Fsp3) is 0.100. The second-order valence-electron chi connectivity index (χ2n) is 18.9. The zero-order valence-corrected chi connectivity index (χ0v) is 35.6. The summed E-state index contributed by atoms with van der Waals surface area (Å²) in [6.07, 6.45) is 0. The van der Waals surface area contributed by atoms with E-state index in [4.69, 9.17) is 4.42 Å². The van der Waals surface area contributed by atoms with Gasteiger partial charge in [0.2, 0.25) is 0 Å². The molecule has 0 atom stereocenters. The molecule has 3 aromatic heterocycles. The summed E-state index contributed by atoms with van der Waals surface area (Å²) in [6, 6.07) is 67.9. The summed E-state index contributed by atoms with van der Waals surface area (Å²) in [5.41, 5.74) is 22.0. The predicted octanol–water partition coefficient (Wildman–Crippen LogP) is 16.1. The molecule has 9 aromatic carbocycles. The molecule has 14 rings (SSSR count). The van der Waals surface area contributed by atoms with Crippen molar-refractivity contribution in [2.75, 3.05) is 0 Å².